The first kappa shape index (κ1) is 22.4. The number of hydrogen-bond acceptors (Lipinski definition) is 5. The van der Waals surface area contributed by atoms with Crippen molar-refractivity contribution in [1.82, 2.24) is 0 Å². The Morgan fingerprint density at radius 2 is 1.65 bits per heavy atom. The molecule has 1 heterocycles. The topological polar surface area (TPSA) is 65.7 Å². The lowest BCUT2D eigenvalue weighted by molar-refractivity contribution is -0.856. The molecule has 10 heteroatoms. The van der Waals surface area contributed by atoms with Gasteiger partial charge in [-0.1, -0.05) is 42.5 Å². The van der Waals surface area contributed by atoms with Gasteiger partial charge in [0, 0.05) is 11.2 Å². The predicted octanol–water partition coefficient (Wildman–Crippen LogP) is 3.53. The maximum atomic E-state index is 12.9. The highest BCUT2D eigenvalue weighted by atomic mass is 32.2. The summed E-state index contributed by atoms with van der Waals surface area (Å²) in [6, 6.07) is 15.8. The van der Waals surface area contributed by atoms with Gasteiger partial charge in [0.05, 0.1) is 25.3 Å². The molecule has 0 atom stereocenters. The Balaban J connectivity index is 2.15. The fraction of sp³-hybridized carbons (Fsp3) is 0.190. The number of alkyl halides is 3. The molecule has 0 aliphatic rings. The summed E-state index contributed by atoms with van der Waals surface area (Å²) < 4.78 is 77.3. The zero-order chi connectivity index (χ0) is 22.6. The lowest BCUT2D eigenvalue weighted by Gasteiger charge is -2.13. The first-order chi connectivity index (χ1) is 14.6. The van der Waals surface area contributed by atoms with Gasteiger partial charge in [-0.05, 0) is 23.3 Å². The van der Waals surface area contributed by atoms with Crippen molar-refractivity contribution < 1.29 is 40.1 Å². The van der Waals surface area contributed by atoms with Crippen LogP contribution in [0.1, 0.15) is 11.1 Å². The second-order valence-electron chi connectivity index (χ2n) is 6.46. The van der Waals surface area contributed by atoms with Crippen molar-refractivity contribution in [2.75, 3.05) is 14.2 Å². The second kappa shape index (κ2) is 8.84. The van der Waals surface area contributed by atoms with Crippen LogP contribution in [0, 0.1) is 0 Å². The highest BCUT2D eigenvalue weighted by Crippen LogP contribution is 2.33. The molecule has 0 amide bonds. The van der Waals surface area contributed by atoms with E-state index in [9.17, 15) is 21.6 Å². The Hall–Kier alpha value is -3.27. The molecule has 6 nitrogen and oxygen atoms in total. The Morgan fingerprint density at radius 3 is 2.26 bits per heavy atom. The summed E-state index contributed by atoms with van der Waals surface area (Å²) in [4.78, 5) is 0. The molecule has 0 saturated heterocycles. The van der Waals surface area contributed by atoms with Crippen LogP contribution in [0.3, 0.4) is 0 Å². The fourth-order valence-corrected chi connectivity index (χ4v) is 3.40. The summed E-state index contributed by atoms with van der Waals surface area (Å²) in [5.41, 5.74) is -3.42. The molecule has 164 valence electrons. The van der Waals surface area contributed by atoms with Crippen molar-refractivity contribution in [2.24, 2.45) is 0 Å². The molecule has 2 aromatic carbocycles. The van der Waals surface area contributed by atoms with Crippen molar-refractivity contribution in [3.8, 4) is 22.6 Å². The lowest BCUT2D eigenvalue weighted by atomic mass is 10.00. The third-order valence-corrected chi connectivity index (χ3v) is 5.30. The van der Waals surface area contributed by atoms with E-state index in [0.717, 1.165) is 18.0 Å². The highest BCUT2D eigenvalue weighted by molar-refractivity contribution is 7.87. The summed E-state index contributed by atoms with van der Waals surface area (Å²) in [5.74, 6) is 0.970. The van der Waals surface area contributed by atoms with Gasteiger partial charge in [0.2, 0.25) is 12.4 Å². The molecular weight excluding hydrogens is 435 g/mol. The summed E-state index contributed by atoms with van der Waals surface area (Å²) in [5, 5.41) is 0. The molecular formula is C21H19F3NO5S+. The van der Waals surface area contributed by atoms with Crippen LogP contribution in [-0.2, 0) is 16.5 Å². The van der Waals surface area contributed by atoms with E-state index in [1.807, 2.05) is 0 Å². The van der Waals surface area contributed by atoms with Gasteiger partial charge in [-0.15, -0.1) is 4.28 Å². The molecule has 0 unspecified atom stereocenters. The van der Waals surface area contributed by atoms with Gasteiger partial charge in [-0.3, -0.25) is 0 Å². The van der Waals surface area contributed by atoms with Crippen LogP contribution < -0.4 is 18.5 Å². The van der Waals surface area contributed by atoms with Gasteiger partial charge < -0.3 is 9.47 Å². The van der Waals surface area contributed by atoms with Crippen LogP contribution in [0.2, 0.25) is 0 Å². The third-order valence-electron chi connectivity index (χ3n) is 4.36. The Labute approximate surface area is 177 Å². The molecule has 3 aromatic rings. The zero-order valence-electron chi connectivity index (χ0n) is 16.6. The molecule has 0 N–H and O–H groups in total. The van der Waals surface area contributed by atoms with Crippen LogP contribution in [0.15, 0.2) is 67.0 Å². The predicted molar refractivity (Wildman–Crippen MR) is 106 cm³/mol. The van der Waals surface area contributed by atoms with Crippen molar-refractivity contribution >= 4 is 10.1 Å². The van der Waals surface area contributed by atoms with Crippen molar-refractivity contribution in [2.45, 2.75) is 11.9 Å². The van der Waals surface area contributed by atoms with E-state index in [2.05, 4.69) is 4.28 Å². The maximum absolute atomic E-state index is 12.9. The quantitative estimate of drug-likeness (QED) is 0.404. The fourth-order valence-electron chi connectivity index (χ4n) is 3.00. The van der Waals surface area contributed by atoms with Crippen molar-refractivity contribution in [1.29, 1.82) is 0 Å². The Morgan fingerprint density at radius 1 is 0.935 bits per heavy atom. The number of benzene rings is 2. The molecule has 0 spiro atoms. The molecule has 0 saturated carbocycles. The number of rotatable bonds is 7. The van der Waals surface area contributed by atoms with Crippen LogP contribution in [0.25, 0.3) is 11.1 Å². The maximum Gasteiger partial charge on any atom is 0.540 e. The van der Waals surface area contributed by atoms with E-state index < -0.39 is 15.6 Å². The third kappa shape index (κ3) is 5.08. The van der Waals surface area contributed by atoms with Crippen LogP contribution >= 0.6 is 0 Å². The van der Waals surface area contributed by atoms with Gasteiger partial charge in [0.1, 0.15) is 11.5 Å². The SMILES string of the molecule is COc1cccc(Cc2c[n+](OS(=O)(=O)C(F)(F)F)cc(-c3ccccc3)c2OC)c1. The summed E-state index contributed by atoms with van der Waals surface area (Å²) in [6.07, 6.45) is 2.50. The average molecular weight is 454 g/mol. The minimum atomic E-state index is -5.87. The van der Waals surface area contributed by atoms with Gasteiger partial charge in [-0.2, -0.15) is 21.6 Å². The molecule has 3 rings (SSSR count). The minimum absolute atomic E-state index is 0.219. The minimum Gasteiger partial charge on any atom is -0.497 e. The van der Waals surface area contributed by atoms with Gasteiger partial charge >= 0.3 is 15.6 Å². The molecule has 0 radical (unpaired) electrons. The smallest absolute Gasteiger partial charge is 0.497 e. The van der Waals surface area contributed by atoms with Crippen LogP contribution in [0.5, 0.6) is 11.5 Å². The molecule has 0 bridgehead atoms. The summed E-state index contributed by atoms with van der Waals surface area (Å²) in [7, 11) is -2.93. The highest BCUT2D eigenvalue weighted by Gasteiger charge is 2.52. The van der Waals surface area contributed by atoms with Crippen molar-refractivity contribution in [3.05, 3.63) is 78.1 Å². The second-order valence-corrected chi connectivity index (χ2v) is 7.98. The molecule has 0 fully saturated rings. The zero-order valence-corrected chi connectivity index (χ0v) is 17.4. The van der Waals surface area contributed by atoms with E-state index in [1.54, 1.807) is 54.6 Å². The van der Waals surface area contributed by atoms with Crippen LogP contribution in [-0.4, -0.2) is 28.1 Å². The Bertz CT molecular complexity index is 1170. The first-order valence-corrected chi connectivity index (χ1v) is 10.4. The van der Waals surface area contributed by atoms with E-state index in [-0.39, 0.29) is 6.42 Å². The first-order valence-electron chi connectivity index (χ1n) is 8.96. The van der Waals surface area contributed by atoms with Gasteiger partial charge in [0.15, 0.2) is 0 Å². The monoisotopic (exact) mass is 454 g/mol. The summed E-state index contributed by atoms with van der Waals surface area (Å²) >= 11 is 0. The number of aromatic nitrogens is 1. The van der Waals surface area contributed by atoms with E-state index in [0.29, 0.717) is 32.9 Å². The number of nitrogens with zero attached hydrogens (tertiary/aromatic N) is 1. The number of hydrogen-bond donors (Lipinski definition) is 0. The number of methoxy groups -OCH3 is 2. The van der Waals surface area contributed by atoms with Crippen molar-refractivity contribution in [3.63, 3.8) is 0 Å². The standard InChI is InChI=1S/C21H19F3NO5S/c1-28-18-10-6-7-15(12-18)11-17-13-25(30-31(26,27)21(22,23)24)14-19(20(17)29-2)16-8-4-3-5-9-16/h3-10,12-14H,11H2,1-2H3/q+1. The lowest BCUT2D eigenvalue weighted by Crippen LogP contribution is -2.50. The van der Waals surface area contributed by atoms with Gasteiger partial charge in [0.25, 0.3) is 0 Å². The molecule has 1 aromatic heterocycles. The van der Waals surface area contributed by atoms with Crippen LogP contribution in [0.4, 0.5) is 13.2 Å². The molecule has 0 aliphatic carbocycles. The van der Waals surface area contributed by atoms with Gasteiger partial charge in [-0.25, -0.2) is 0 Å². The average Bonchev–Trinajstić information content (AvgIpc) is 2.73. The number of halogens is 3. The largest absolute Gasteiger partial charge is 0.540 e. The van der Waals surface area contributed by atoms with E-state index >= 15 is 0 Å². The molecule has 31 heavy (non-hydrogen) atoms. The summed E-state index contributed by atoms with van der Waals surface area (Å²) in [6.45, 7) is 0. The number of pyridine rings is 1. The number of ether oxygens (including phenoxy) is 2. The normalized spacial score (nSPS) is 11.8. The Kier molecular flexibility index (Phi) is 6.40. The van der Waals surface area contributed by atoms with E-state index in [1.165, 1.54) is 14.2 Å². The van der Waals surface area contributed by atoms with E-state index in [4.69, 9.17) is 9.47 Å². The molecule has 0 aliphatic heterocycles.